The lowest BCUT2D eigenvalue weighted by Gasteiger charge is -2.19. The van der Waals surface area contributed by atoms with E-state index in [9.17, 15) is 4.79 Å². The number of nitrogens with two attached hydrogens (primary N) is 1. The Morgan fingerprint density at radius 1 is 1.33 bits per heavy atom. The molecule has 0 spiro atoms. The number of ether oxygens (including phenoxy) is 1. The summed E-state index contributed by atoms with van der Waals surface area (Å²) in [4.78, 5) is 14.2. The van der Waals surface area contributed by atoms with E-state index >= 15 is 0 Å². The Bertz CT molecular complexity index is 544. The lowest BCUT2D eigenvalue weighted by molar-refractivity contribution is -0.132. The highest BCUT2D eigenvalue weighted by atomic mass is 16.5. The van der Waals surface area contributed by atoms with E-state index in [2.05, 4.69) is 6.07 Å². The fourth-order valence-electron chi connectivity index (χ4n) is 3.70. The first kappa shape index (κ1) is 14.4. The van der Waals surface area contributed by atoms with Crippen LogP contribution in [0.15, 0.2) is 18.2 Å². The van der Waals surface area contributed by atoms with Crippen LogP contribution in [0.5, 0.6) is 5.75 Å². The van der Waals surface area contributed by atoms with Crippen LogP contribution >= 0.6 is 0 Å². The van der Waals surface area contributed by atoms with Crippen LogP contribution in [-0.2, 0) is 4.79 Å². The molecule has 1 aromatic rings. The minimum absolute atomic E-state index is 0.0802. The van der Waals surface area contributed by atoms with Gasteiger partial charge in [-0.15, -0.1) is 0 Å². The summed E-state index contributed by atoms with van der Waals surface area (Å²) in [6.07, 6.45) is 2.27. The first-order chi connectivity index (χ1) is 10.0. The zero-order valence-electron chi connectivity index (χ0n) is 12.8. The maximum Gasteiger partial charge on any atom is 0.260 e. The third kappa shape index (κ3) is 2.91. The number of hydrogen-bond acceptors (Lipinski definition) is 3. The Kier molecular flexibility index (Phi) is 3.89. The molecule has 0 aromatic heterocycles. The maximum absolute atomic E-state index is 12.3. The van der Waals surface area contributed by atoms with E-state index in [1.165, 1.54) is 5.56 Å². The van der Waals surface area contributed by atoms with E-state index in [4.69, 9.17) is 10.5 Å². The summed E-state index contributed by atoms with van der Waals surface area (Å²) in [5.74, 6) is 1.97. The van der Waals surface area contributed by atoms with Crippen molar-refractivity contribution in [2.75, 3.05) is 19.7 Å². The van der Waals surface area contributed by atoms with Crippen molar-refractivity contribution in [3.63, 3.8) is 0 Å². The first-order valence-corrected chi connectivity index (χ1v) is 7.78. The molecule has 4 heteroatoms. The van der Waals surface area contributed by atoms with Gasteiger partial charge in [0.2, 0.25) is 0 Å². The second-order valence-electron chi connectivity index (χ2n) is 6.52. The second kappa shape index (κ2) is 5.68. The predicted octanol–water partition coefficient (Wildman–Crippen LogP) is 1.88. The summed E-state index contributed by atoms with van der Waals surface area (Å²) in [5, 5.41) is 0. The van der Waals surface area contributed by atoms with Crippen molar-refractivity contribution in [3.05, 3.63) is 29.3 Å². The van der Waals surface area contributed by atoms with E-state index < -0.39 is 0 Å². The van der Waals surface area contributed by atoms with Crippen molar-refractivity contribution in [1.29, 1.82) is 0 Å². The average molecular weight is 288 g/mol. The van der Waals surface area contributed by atoms with Crippen LogP contribution in [0.2, 0.25) is 0 Å². The molecule has 114 valence electrons. The van der Waals surface area contributed by atoms with Gasteiger partial charge in [0.15, 0.2) is 6.61 Å². The van der Waals surface area contributed by atoms with Gasteiger partial charge in [-0.05, 0) is 50.2 Å². The van der Waals surface area contributed by atoms with Gasteiger partial charge in [-0.3, -0.25) is 4.79 Å². The molecule has 1 heterocycles. The maximum atomic E-state index is 12.3. The van der Waals surface area contributed by atoms with Crippen LogP contribution in [0.3, 0.4) is 0 Å². The number of nitrogens with zero attached hydrogens (tertiary/aromatic N) is 1. The molecular formula is C17H24N2O2. The molecule has 1 aliphatic carbocycles. The van der Waals surface area contributed by atoms with Crippen molar-refractivity contribution in [2.24, 2.45) is 17.6 Å². The van der Waals surface area contributed by atoms with E-state index in [1.54, 1.807) is 0 Å². The number of amides is 1. The summed E-state index contributed by atoms with van der Waals surface area (Å²) in [5.41, 5.74) is 8.39. The standard InChI is InChI=1S/C17H24N2O2/c1-11-3-6-16(12(2)7-11)21-10-17(20)19-8-13-4-5-15(18)14(13)9-19/h3,6-7,13-15H,4-5,8-10,18H2,1-2H3. The van der Waals surface area contributed by atoms with Crippen LogP contribution in [0.4, 0.5) is 0 Å². The van der Waals surface area contributed by atoms with Gasteiger partial charge in [0, 0.05) is 19.1 Å². The molecule has 1 saturated heterocycles. The predicted molar refractivity (Wildman–Crippen MR) is 82.2 cm³/mol. The molecule has 2 N–H and O–H groups in total. The summed E-state index contributed by atoms with van der Waals surface area (Å²) in [7, 11) is 0. The lowest BCUT2D eigenvalue weighted by atomic mass is 9.98. The molecule has 1 saturated carbocycles. The molecule has 3 unspecified atom stereocenters. The smallest absolute Gasteiger partial charge is 0.260 e. The average Bonchev–Trinajstić information content (AvgIpc) is 3.00. The van der Waals surface area contributed by atoms with Gasteiger partial charge in [-0.25, -0.2) is 0 Å². The van der Waals surface area contributed by atoms with Gasteiger partial charge in [-0.1, -0.05) is 17.7 Å². The first-order valence-electron chi connectivity index (χ1n) is 7.78. The number of aryl methyl sites for hydroxylation is 2. The summed E-state index contributed by atoms with van der Waals surface area (Å²) < 4.78 is 5.69. The van der Waals surface area contributed by atoms with Gasteiger partial charge in [0.1, 0.15) is 5.75 Å². The zero-order valence-corrected chi connectivity index (χ0v) is 12.8. The van der Waals surface area contributed by atoms with Crippen molar-refractivity contribution in [3.8, 4) is 5.75 Å². The van der Waals surface area contributed by atoms with Crippen molar-refractivity contribution < 1.29 is 9.53 Å². The molecular weight excluding hydrogens is 264 g/mol. The highest BCUT2D eigenvalue weighted by Gasteiger charge is 2.42. The van der Waals surface area contributed by atoms with Gasteiger partial charge in [0.25, 0.3) is 5.91 Å². The van der Waals surface area contributed by atoms with E-state index in [1.807, 2.05) is 30.9 Å². The molecule has 1 aliphatic heterocycles. The van der Waals surface area contributed by atoms with Crippen molar-refractivity contribution in [2.45, 2.75) is 32.7 Å². The molecule has 1 amide bonds. The molecule has 3 rings (SSSR count). The van der Waals surface area contributed by atoms with E-state index in [0.717, 1.165) is 37.2 Å². The van der Waals surface area contributed by atoms with Crippen molar-refractivity contribution >= 4 is 5.91 Å². The number of carbonyl (C=O) groups is 1. The van der Waals surface area contributed by atoms with Crippen molar-refractivity contribution in [1.82, 2.24) is 4.90 Å². The Labute approximate surface area is 126 Å². The number of rotatable bonds is 3. The molecule has 2 fully saturated rings. The largest absolute Gasteiger partial charge is 0.484 e. The minimum atomic E-state index is 0.0802. The van der Waals surface area contributed by atoms with Crippen LogP contribution < -0.4 is 10.5 Å². The highest BCUT2D eigenvalue weighted by molar-refractivity contribution is 5.78. The van der Waals surface area contributed by atoms with Gasteiger partial charge < -0.3 is 15.4 Å². The third-order valence-electron chi connectivity index (χ3n) is 4.95. The molecule has 1 aromatic carbocycles. The van der Waals surface area contributed by atoms with E-state index in [-0.39, 0.29) is 18.6 Å². The summed E-state index contributed by atoms with van der Waals surface area (Å²) in [6.45, 7) is 5.84. The second-order valence-corrected chi connectivity index (χ2v) is 6.52. The van der Waals surface area contributed by atoms with Gasteiger partial charge >= 0.3 is 0 Å². The molecule has 21 heavy (non-hydrogen) atoms. The summed E-state index contributed by atoms with van der Waals surface area (Å²) >= 11 is 0. The number of benzene rings is 1. The summed E-state index contributed by atoms with van der Waals surface area (Å²) in [6, 6.07) is 6.28. The van der Waals surface area contributed by atoms with E-state index in [0.29, 0.717) is 11.8 Å². The Hall–Kier alpha value is -1.55. The Morgan fingerprint density at radius 3 is 2.86 bits per heavy atom. The Balaban J connectivity index is 1.55. The zero-order chi connectivity index (χ0) is 15.0. The Morgan fingerprint density at radius 2 is 2.14 bits per heavy atom. The monoisotopic (exact) mass is 288 g/mol. The SMILES string of the molecule is Cc1ccc(OCC(=O)N2CC3CCC(N)C3C2)c(C)c1. The molecule has 2 aliphatic rings. The van der Waals surface area contributed by atoms with Crippen LogP contribution in [0.25, 0.3) is 0 Å². The molecule has 4 nitrogen and oxygen atoms in total. The van der Waals surface area contributed by atoms with Gasteiger partial charge in [-0.2, -0.15) is 0 Å². The number of fused-ring (bicyclic) bond motifs is 1. The molecule has 3 atom stereocenters. The molecule has 0 radical (unpaired) electrons. The van der Waals surface area contributed by atoms with Crippen LogP contribution in [0.1, 0.15) is 24.0 Å². The topological polar surface area (TPSA) is 55.6 Å². The van der Waals surface area contributed by atoms with Gasteiger partial charge in [0.05, 0.1) is 0 Å². The fourth-order valence-corrected chi connectivity index (χ4v) is 3.70. The highest BCUT2D eigenvalue weighted by Crippen LogP contribution is 2.37. The fraction of sp³-hybridized carbons (Fsp3) is 0.588. The minimum Gasteiger partial charge on any atom is -0.484 e. The molecule has 0 bridgehead atoms. The quantitative estimate of drug-likeness (QED) is 0.924. The van der Waals surface area contributed by atoms with Crippen LogP contribution in [0, 0.1) is 25.7 Å². The normalized spacial score (nSPS) is 27.8. The number of carbonyl (C=O) groups excluding carboxylic acids is 1. The lowest BCUT2D eigenvalue weighted by Crippen LogP contribution is -2.36. The number of likely N-dealkylation sites (tertiary alicyclic amines) is 1. The third-order valence-corrected chi connectivity index (χ3v) is 4.95. The number of hydrogen-bond donors (Lipinski definition) is 1. The van der Waals surface area contributed by atoms with Crippen LogP contribution in [-0.4, -0.2) is 36.5 Å².